The van der Waals surface area contributed by atoms with Gasteiger partial charge in [0.2, 0.25) is 0 Å². The van der Waals surface area contributed by atoms with Crippen molar-refractivity contribution < 1.29 is 0 Å². The van der Waals surface area contributed by atoms with E-state index in [1.54, 1.807) is 0 Å². The minimum atomic E-state index is 0.610. The monoisotopic (exact) mass is 210 g/mol. The van der Waals surface area contributed by atoms with E-state index in [-0.39, 0.29) is 0 Å². The van der Waals surface area contributed by atoms with Crippen LogP contribution in [0.5, 0.6) is 0 Å². The van der Waals surface area contributed by atoms with Gasteiger partial charge in [-0.15, -0.1) is 0 Å². The first-order valence-electron chi connectivity index (χ1n) is 6.76. The average molecular weight is 210 g/mol. The van der Waals surface area contributed by atoms with Crippen LogP contribution in [0.25, 0.3) is 0 Å². The molecule has 1 aliphatic heterocycles. The average Bonchev–Trinajstić information content (AvgIpc) is 2.30. The van der Waals surface area contributed by atoms with E-state index in [1.807, 2.05) is 0 Å². The molecule has 1 saturated heterocycles. The molecule has 0 unspecified atom stereocenters. The van der Waals surface area contributed by atoms with E-state index < -0.39 is 0 Å². The van der Waals surface area contributed by atoms with Crippen molar-refractivity contribution in [2.24, 2.45) is 17.8 Å². The van der Waals surface area contributed by atoms with Crippen LogP contribution in [0.15, 0.2) is 0 Å². The molecule has 0 atom stereocenters. The van der Waals surface area contributed by atoms with Gasteiger partial charge in [-0.25, -0.2) is 0 Å². The summed E-state index contributed by atoms with van der Waals surface area (Å²) >= 11 is 0. The minimum Gasteiger partial charge on any atom is -0.301 e. The van der Waals surface area contributed by atoms with Crippen molar-refractivity contribution >= 4 is 0 Å². The van der Waals surface area contributed by atoms with Crippen molar-refractivity contribution in [2.45, 2.75) is 52.1 Å². The van der Waals surface area contributed by atoms with Crippen LogP contribution in [0, 0.1) is 17.8 Å². The Balaban J connectivity index is 1.75. The van der Waals surface area contributed by atoms with Gasteiger partial charge < -0.3 is 10.6 Å². The molecule has 0 amide bonds. The Morgan fingerprint density at radius 2 is 1.60 bits per heavy atom. The highest BCUT2D eigenvalue weighted by molar-refractivity contribution is 4.84. The van der Waals surface area contributed by atoms with E-state index in [9.17, 15) is 0 Å². The second-order valence-electron chi connectivity index (χ2n) is 5.59. The number of rotatable bonds is 2. The van der Waals surface area contributed by atoms with Crippen molar-refractivity contribution in [3.63, 3.8) is 0 Å². The third-order valence-corrected chi connectivity index (χ3v) is 4.31. The fourth-order valence-electron chi connectivity index (χ4n) is 3.06. The zero-order valence-corrected chi connectivity index (χ0v) is 10.3. The number of hydrogen-bond acceptors (Lipinski definition) is 2. The minimum absolute atomic E-state index is 0.610. The van der Waals surface area contributed by atoms with Crippen molar-refractivity contribution in [3.8, 4) is 0 Å². The Bertz CT molecular complexity index is 177. The van der Waals surface area contributed by atoms with E-state index in [2.05, 4.69) is 24.5 Å². The van der Waals surface area contributed by atoms with Gasteiger partial charge in [-0.3, -0.25) is 0 Å². The molecule has 1 heterocycles. The molecule has 2 heteroatoms. The van der Waals surface area contributed by atoms with Gasteiger partial charge in [0.15, 0.2) is 0 Å². The third kappa shape index (κ3) is 2.94. The quantitative estimate of drug-likeness (QED) is 0.731. The highest BCUT2D eigenvalue weighted by Gasteiger charge is 2.28. The van der Waals surface area contributed by atoms with Crippen molar-refractivity contribution in [1.29, 1.82) is 0 Å². The molecule has 15 heavy (non-hydrogen) atoms. The van der Waals surface area contributed by atoms with Gasteiger partial charge in [-0.05, 0) is 30.6 Å². The zero-order valence-electron chi connectivity index (χ0n) is 10.3. The standard InChI is InChI=1S/C13H26N2/c1-3-11-4-6-12(7-5-11)13-14-8-10(2)9-15-13/h10-15H,3-9H2,1-2H3. The SMILES string of the molecule is CCC1CCC(C2NCC(C)CN2)CC1. The van der Waals surface area contributed by atoms with Crippen LogP contribution >= 0.6 is 0 Å². The van der Waals surface area contributed by atoms with Gasteiger partial charge in [-0.1, -0.05) is 33.1 Å². The summed E-state index contributed by atoms with van der Waals surface area (Å²) in [6.45, 7) is 7.05. The van der Waals surface area contributed by atoms with Crippen LogP contribution in [0.4, 0.5) is 0 Å². The maximum atomic E-state index is 3.66. The first-order valence-corrected chi connectivity index (χ1v) is 6.76. The molecule has 2 aliphatic rings. The summed E-state index contributed by atoms with van der Waals surface area (Å²) in [5.74, 6) is 2.71. The van der Waals surface area contributed by atoms with E-state index in [0.29, 0.717) is 6.17 Å². The second-order valence-corrected chi connectivity index (χ2v) is 5.59. The van der Waals surface area contributed by atoms with Gasteiger partial charge in [0.25, 0.3) is 0 Å². The Kier molecular flexibility index (Phi) is 4.04. The first kappa shape index (κ1) is 11.4. The summed E-state index contributed by atoms with van der Waals surface area (Å²) in [4.78, 5) is 0. The van der Waals surface area contributed by atoms with Gasteiger partial charge in [0, 0.05) is 13.1 Å². The summed E-state index contributed by atoms with van der Waals surface area (Å²) in [5, 5.41) is 7.32. The fraction of sp³-hybridized carbons (Fsp3) is 1.00. The summed E-state index contributed by atoms with van der Waals surface area (Å²) in [5.41, 5.74) is 0. The second kappa shape index (κ2) is 5.31. The molecule has 2 rings (SSSR count). The van der Waals surface area contributed by atoms with Crippen LogP contribution in [0.2, 0.25) is 0 Å². The maximum absolute atomic E-state index is 3.66. The van der Waals surface area contributed by atoms with E-state index in [4.69, 9.17) is 0 Å². The van der Waals surface area contributed by atoms with Crippen LogP contribution in [0.3, 0.4) is 0 Å². The molecule has 1 aliphatic carbocycles. The molecular formula is C13H26N2. The predicted molar refractivity (Wildman–Crippen MR) is 64.7 cm³/mol. The summed E-state index contributed by atoms with van der Waals surface area (Å²) < 4.78 is 0. The van der Waals surface area contributed by atoms with E-state index >= 15 is 0 Å². The Morgan fingerprint density at radius 1 is 1.00 bits per heavy atom. The fourth-order valence-corrected chi connectivity index (χ4v) is 3.06. The van der Waals surface area contributed by atoms with Gasteiger partial charge >= 0.3 is 0 Å². The molecule has 0 aromatic rings. The molecule has 0 aromatic heterocycles. The maximum Gasteiger partial charge on any atom is 0.0600 e. The van der Waals surface area contributed by atoms with Crippen molar-refractivity contribution in [1.82, 2.24) is 10.6 Å². The Morgan fingerprint density at radius 3 is 2.13 bits per heavy atom. The molecule has 88 valence electrons. The van der Waals surface area contributed by atoms with Gasteiger partial charge in [-0.2, -0.15) is 0 Å². The van der Waals surface area contributed by atoms with Crippen LogP contribution < -0.4 is 10.6 Å². The van der Waals surface area contributed by atoms with E-state index in [1.165, 1.54) is 45.2 Å². The molecule has 2 N–H and O–H groups in total. The van der Waals surface area contributed by atoms with Crippen molar-refractivity contribution in [3.05, 3.63) is 0 Å². The first-order chi connectivity index (χ1) is 7.29. The van der Waals surface area contributed by atoms with E-state index in [0.717, 1.165) is 17.8 Å². The largest absolute Gasteiger partial charge is 0.301 e. The lowest BCUT2D eigenvalue weighted by atomic mass is 9.79. The smallest absolute Gasteiger partial charge is 0.0600 e. The molecule has 0 aromatic carbocycles. The third-order valence-electron chi connectivity index (χ3n) is 4.31. The molecule has 0 spiro atoms. The summed E-state index contributed by atoms with van der Waals surface area (Å²) in [7, 11) is 0. The van der Waals surface area contributed by atoms with Crippen LogP contribution in [0.1, 0.15) is 46.0 Å². The number of nitrogens with one attached hydrogen (secondary N) is 2. The van der Waals surface area contributed by atoms with Crippen LogP contribution in [-0.4, -0.2) is 19.3 Å². The molecule has 1 saturated carbocycles. The Labute approximate surface area is 94.2 Å². The summed E-state index contributed by atoms with van der Waals surface area (Å²) in [6, 6.07) is 0. The lowest BCUT2D eigenvalue weighted by molar-refractivity contribution is 0.167. The summed E-state index contributed by atoms with van der Waals surface area (Å²) in [6.07, 6.45) is 7.76. The lowest BCUT2D eigenvalue weighted by Gasteiger charge is -2.38. The number of hydrogen-bond donors (Lipinski definition) is 2. The molecular weight excluding hydrogens is 184 g/mol. The topological polar surface area (TPSA) is 24.1 Å². The molecule has 2 nitrogen and oxygen atoms in total. The van der Waals surface area contributed by atoms with Gasteiger partial charge in [0.1, 0.15) is 0 Å². The lowest BCUT2D eigenvalue weighted by Crippen LogP contribution is -2.56. The molecule has 0 bridgehead atoms. The highest BCUT2D eigenvalue weighted by atomic mass is 15.2. The molecule has 0 radical (unpaired) electrons. The normalized spacial score (nSPS) is 42.8. The van der Waals surface area contributed by atoms with Gasteiger partial charge in [0.05, 0.1) is 6.17 Å². The van der Waals surface area contributed by atoms with Crippen LogP contribution in [-0.2, 0) is 0 Å². The Hall–Kier alpha value is -0.0800. The van der Waals surface area contributed by atoms with Crippen molar-refractivity contribution in [2.75, 3.05) is 13.1 Å². The zero-order chi connectivity index (χ0) is 10.7. The predicted octanol–water partition coefficient (Wildman–Crippen LogP) is 2.36. The molecule has 2 fully saturated rings. The highest BCUT2D eigenvalue weighted by Crippen LogP contribution is 2.32.